The first-order chi connectivity index (χ1) is 11.9. The monoisotopic (exact) mass is 361 g/mol. The maximum atomic E-state index is 6.03. The first-order valence-electron chi connectivity index (χ1n) is 10.3. The second-order valence-electron chi connectivity index (χ2n) is 6.82. The second kappa shape index (κ2) is 14.9. The lowest BCUT2D eigenvalue weighted by Crippen LogP contribution is -2.61. The van der Waals surface area contributed by atoms with Gasteiger partial charge in [-0.1, -0.05) is 53.4 Å². The van der Waals surface area contributed by atoms with Crippen molar-refractivity contribution in [3.8, 4) is 0 Å². The summed E-state index contributed by atoms with van der Waals surface area (Å²) in [5, 5.41) is 3.35. The third-order valence-electron chi connectivity index (χ3n) is 3.96. The molecule has 25 heavy (non-hydrogen) atoms. The fourth-order valence-corrected chi connectivity index (χ4v) is 2.29. The maximum Gasteiger partial charge on any atom is 0.228 e. The molecule has 0 spiro atoms. The summed E-state index contributed by atoms with van der Waals surface area (Å²) < 4.78 is 24.1. The van der Waals surface area contributed by atoms with Crippen molar-refractivity contribution >= 4 is 0 Å². The fraction of sp³-hybridized carbons (Fsp3) is 1.00. The maximum absolute atomic E-state index is 6.03. The van der Waals surface area contributed by atoms with Crippen molar-refractivity contribution in [1.29, 1.82) is 0 Å². The molecular weight excluding hydrogens is 318 g/mol. The molecule has 0 saturated carbocycles. The van der Waals surface area contributed by atoms with Crippen molar-refractivity contribution in [2.75, 3.05) is 26.4 Å². The number of nitrogens with one attached hydrogen (secondary N) is 1. The molecule has 5 heteroatoms. The lowest BCUT2D eigenvalue weighted by atomic mass is 10.3. The van der Waals surface area contributed by atoms with Gasteiger partial charge in [-0.2, -0.15) is 0 Å². The Bertz CT molecular complexity index is 251. The zero-order valence-electron chi connectivity index (χ0n) is 17.6. The van der Waals surface area contributed by atoms with Gasteiger partial charge in [-0.25, -0.2) is 5.32 Å². The Balaban J connectivity index is 4.90. The molecule has 152 valence electrons. The minimum absolute atomic E-state index is 0.645. The van der Waals surface area contributed by atoms with Crippen LogP contribution in [0, 0.1) is 0 Å². The quantitative estimate of drug-likeness (QED) is 0.269. The largest absolute Gasteiger partial charge is 0.337 e. The van der Waals surface area contributed by atoms with Crippen molar-refractivity contribution in [1.82, 2.24) is 5.32 Å². The Labute approximate surface area is 156 Å². The molecule has 0 saturated heterocycles. The Morgan fingerprint density at radius 2 is 0.760 bits per heavy atom. The standard InChI is InChI=1S/C20H43NO4/c1-7-11-15-22-19(5,23-16-12-8-2)21-20(6,24-17-13-9-3)25-18-14-10-4/h21H,7-18H2,1-6H3. The summed E-state index contributed by atoms with van der Waals surface area (Å²) >= 11 is 0. The average molecular weight is 362 g/mol. The van der Waals surface area contributed by atoms with E-state index in [0.29, 0.717) is 26.4 Å². The summed E-state index contributed by atoms with van der Waals surface area (Å²) in [6, 6.07) is 0. The van der Waals surface area contributed by atoms with Crippen molar-refractivity contribution in [2.45, 2.75) is 105 Å². The summed E-state index contributed by atoms with van der Waals surface area (Å²) in [6.07, 6.45) is 8.34. The molecule has 0 aliphatic heterocycles. The summed E-state index contributed by atoms with van der Waals surface area (Å²) in [6.45, 7) is 15.0. The van der Waals surface area contributed by atoms with Crippen molar-refractivity contribution in [3.63, 3.8) is 0 Å². The van der Waals surface area contributed by atoms with Gasteiger partial charge < -0.3 is 18.9 Å². The van der Waals surface area contributed by atoms with Crippen molar-refractivity contribution < 1.29 is 18.9 Å². The molecule has 0 aromatic rings. The highest BCUT2D eigenvalue weighted by Crippen LogP contribution is 2.20. The first kappa shape index (κ1) is 24.8. The van der Waals surface area contributed by atoms with Crippen LogP contribution in [0.3, 0.4) is 0 Å². The molecule has 0 aliphatic rings. The van der Waals surface area contributed by atoms with Crippen molar-refractivity contribution in [3.05, 3.63) is 0 Å². The van der Waals surface area contributed by atoms with Crippen LogP contribution in [0.2, 0.25) is 0 Å². The van der Waals surface area contributed by atoms with E-state index in [1.807, 2.05) is 13.8 Å². The van der Waals surface area contributed by atoms with Crippen LogP contribution in [0.4, 0.5) is 0 Å². The third kappa shape index (κ3) is 12.7. The number of hydrogen-bond acceptors (Lipinski definition) is 5. The second-order valence-corrected chi connectivity index (χ2v) is 6.82. The molecule has 1 N–H and O–H groups in total. The van der Waals surface area contributed by atoms with Gasteiger partial charge in [-0.05, 0) is 25.7 Å². The van der Waals surface area contributed by atoms with Crippen LogP contribution in [-0.2, 0) is 18.9 Å². The third-order valence-corrected chi connectivity index (χ3v) is 3.96. The van der Waals surface area contributed by atoms with Gasteiger partial charge in [0.25, 0.3) is 0 Å². The van der Waals surface area contributed by atoms with Gasteiger partial charge in [0.05, 0.1) is 26.4 Å². The molecule has 0 rings (SSSR count). The summed E-state index contributed by atoms with van der Waals surface area (Å²) in [4.78, 5) is 0. The number of hydrogen-bond donors (Lipinski definition) is 1. The highest BCUT2D eigenvalue weighted by atomic mass is 16.8. The Morgan fingerprint density at radius 3 is 0.960 bits per heavy atom. The lowest BCUT2D eigenvalue weighted by Gasteiger charge is -2.40. The first-order valence-corrected chi connectivity index (χ1v) is 10.3. The van der Waals surface area contributed by atoms with Gasteiger partial charge in [-0.3, -0.25) is 0 Å². The van der Waals surface area contributed by atoms with Crippen LogP contribution in [0.15, 0.2) is 0 Å². The topological polar surface area (TPSA) is 49.0 Å². The Hall–Kier alpha value is -0.200. The summed E-state index contributed by atoms with van der Waals surface area (Å²) in [5.41, 5.74) is 0. The molecule has 0 bridgehead atoms. The van der Waals surface area contributed by atoms with E-state index in [4.69, 9.17) is 18.9 Å². The van der Waals surface area contributed by atoms with Gasteiger partial charge in [0, 0.05) is 13.8 Å². The van der Waals surface area contributed by atoms with E-state index >= 15 is 0 Å². The van der Waals surface area contributed by atoms with E-state index in [9.17, 15) is 0 Å². The highest BCUT2D eigenvalue weighted by Gasteiger charge is 2.37. The normalized spacial score (nSPS) is 12.7. The van der Waals surface area contributed by atoms with E-state index in [2.05, 4.69) is 33.0 Å². The smallest absolute Gasteiger partial charge is 0.228 e. The summed E-state index contributed by atoms with van der Waals surface area (Å²) in [7, 11) is 0. The van der Waals surface area contributed by atoms with Gasteiger partial charge in [-0.15, -0.1) is 0 Å². The minimum Gasteiger partial charge on any atom is -0.337 e. The fourth-order valence-electron chi connectivity index (χ4n) is 2.29. The zero-order valence-corrected chi connectivity index (χ0v) is 17.6. The number of unbranched alkanes of at least 4 members (excludes halogenated alkanes) is 4. The average Bonchev–Trinajstić information content (AvgIpc) is 2.56. The van der Waals surface area contributed by atoms with Crippen LogP contribution < -0.4 is 5.32 Å². The van der Waals surface area contributed by atoms with E-state index in [1.165, 1.54) is 0 Å². The predicted molar refractivity (Wildman–Crippen MR) is 103 cm³/mol. The van der Waals surface area contributed by atoms with E-state index < -0.39 is 11.8 Å². The van der Waals surface area contributed by atoms with Crippen LogP contribution in [0.5, 0.6) is 0 Å². The number of rotatable bonds is 18. The van der Waals surface area contributed by atoms with Crippen LogP contribution in [0.25, 0.3) is 0 Å². The van der Waals surface area contributed by atoms with Gasteiger partial charge in [0.1, 0.15) is 0 Å². The SMILES string of the molecule is CCCCOC(C)(NC(C)(OCCCC)OCCCC)OCCCC. The van der Waals surface area contributed by atoms with Gasteiger partial charge >= 0.3 is 0 Å². The molecule has 0 atom stereocenters. The van der Waals surface area contributed by atoms with E-state index in [-0.39, 0.29) is 0 Å². The molecular formula is C20H43NO4. The Morgan fingerprint density at radius 1 is 0.520 bits per heavy atom. The molecule has 0 amide bonds. The molecule has 0 aromatic heterocycles. The molecule has 0 fully saturated rings. The molecule has 5 nitrogen and oxygen atoms in total. The predicted octanol–water partition coefficient (Wildman–Crippen LogP) is 5.19. The van der Waals surface area contributed by atoms with E-state index in [0.717, 1.165) is 51.4 Å². The molecule has 0 radical (unpaired) electrons. The molecule has 0 heterocycles. The van der Waals surface area contributed by atoms with E-state index in [1.54, 1.807) is 0 Å². The van der Waals surface area contributed by atoms with Crippen LogP contribution in [0.1, 0.15) is 92.9 Å². The van der Waals surface area contributed by atoms with Crippen LogP contribution >= 0.6 is 0 Å². The van der Waals surface area contributed by atoms with Gasteiger partial charge in [0.2, 0.25) is 11.8 Å². The highest BCUT2D eigenvalue weighted by molar-refractivity contribution is 4.70. The Kier molecular flexibility index (Phi) is 14.8. The molecule has 0 unspecified atom stereocenters. The number of ether oxygens (including phenoxy) is 4. The minimum atomic E-state index is -0.919. The van der Waals surface area contributed by atoms with Gasteiger partial charge in [0.15, 0.2) is 0 Å². The van der Waals surface area contributed by atoms with Crippen LogP contribution in [-0.4, -0.2) is 38.2 Å². The molecule has 0 aromatic carbocycles. The summed E-state index contributed by atoms with van der Waals surface area (Å²) in [5.74, 6) is -1.84. The molecule has 0 aliphatic carbocycles. The van der Waals surface area contributed by atoms with Crippen molar-refractivity contribution in [2.24, 2.45) is 0 Å². The zero-order chi connectivity index (χ0) is 19.0. The lowest BCUT2D eigenvalue weighted by molar-refractivity contribution is -0.332.